The van der Waals surface area contributed by atoms with Crippen LogP contribution in [0.5, 0.6) is 0 Å². The first kappa shape index (κ1) is 10.5. The average molecular weight is 211 g/mol. The second-order valence-corrected chi connectivity index (χ2v) is 4.27. The number of nitrogens with one attached hydrogen (secondary N) is 1. The van der Waals surface area contributed by atoms with Gasteiger partial charge in [-0.15, -0.1) is 0 Å². The zero-order chi connectivity index (χ0) is 10.8. The molecule has 2 heterocycles. The number of likely N-dealkylation sites (N-methyl/N-ethyl adjacent to an activating group) is 1. The number of hydrogen-bond acceptors (Lipinski definition) is 3. The summed E-state index contributed by atoms with van der Waals surface area (Å²) >= 11 is 0. The fourth-order valence-corrected chi connectivity index (χ4v) is 2.02. The zero-order valence-electron chi connectivity index (χ0n) is 9.33. The van der Waals surface area contributed by atoms with Crippen LogP contribution in [0.2, 0.25) is 0 Å². The summed E-state index contributed by atoms with van der Waals surface area (Å²) < 4.78 is 13.5. The molecule has 0 amide bonds. The molecule has 0 aliphatic carbocycles. The minimum Gasteiger partial charge on any atom is -0.385 e. The van der Waals surface area contributed by atoms with Gasteiger partial charge in [-0.3, -0.25) is 0 Å². The van der Waals surface area contributed by atoms with Crippen LogP contribution in [0.1, 0.15) is 6.92 Å². The van der Waals surface area contributed by atoms with E-state index in [0.29, 0.717) is 6.04 Å². The second kappa shape index (κ2) is 4.23. The fourth-order valence-electron chi connectivity index (χ4n) is 2.02. The van der Waals surface area contributed by atoms with E-state index >= 15 is 0 Å². The third-order valence-corrected chi connectivity index (χ3v) is 3.19. The van der Waals surface area contributed by atoms with Crippen molar-refractivity contribution in [2.75, 3.05) is 33.2 Å². The van der Waals surface area contributed by atoms with Crippen LogP contribution in [0.15, 0.2) is 23.8 Å². The highest BCUT2D eigenvalue weighted by molar-refractivity contribution is 5.27. The van der Waals surface area contributed by atoms with Gasteiger partial charge in [0.05, 0.1) is 5.70 Å². The van der Waals surface area contributed by atoms with E-state index in [1.54, 1.807) is 0 Å². The third-order valence-electron chi connectivity index (χ3n) is 3.19. The molecule has 3 nitrogen and oxygen atoms in total. The molecule has 0 aromatic carbocycles. The molecular formula is C11H18FN3. The van der Waals surface area contributed by atoms with Crippen molar-refractivity contribution in [3.8, 4) is 0 Å². The number of allylic oxidation sites excluding steroid dienone is 1. The highest BCUT2D eigenvalue weighted by atomic mass is 19.1. The van der Waals surface area contributed by atoms with E-state index < -0.39 is 0 Å². The highest BCUT2D eigenvalue weighted by Gasteiger charge is 2.24. The van der Waals surface area contributed by atoms with Crippen LogP contribution < -0.4 is 5.32 Å². The van der Waals surface area contributed by atoms with Crippen LogP contribution in [-0.2, 0) is 0 Å². The smallest absolute Gasteiger partial charge is 0.161 e. The molecule has 1 unspecified atom stereocenters. The maximum absolute atomic E-state index is 13.5. The van der Waals surface area contributed by atoms with Crippen LogP contribution >= 0.6 is 0 Å². The van der Waals surface area contributed by atoms with Crippen LogP contribution in [0.4, 0.5) is 4.39 Å². The third kappa shape index (κ3) is 2.15. The van der Waals surface area contributed by atoms with Crippen molar-refractivity contribution in [3.63, 3.8) is 0 Å². The number of piperazine rings is 1. The van der Waals surface area contributed by atoms with Gasteiger partial charge in [0.2, 0.25) is 0 Å². The molecule has 0 spiro atoms. The van der Waals surface area contributed by atoms with Crippen molar-refractivity contribution in [1.82, 2.24) is 15.1 Å². The standard InChI is InChI=1S/C11H18FN3/c1-9-8-15(6-5-14(9)2)11-3-4-13-7-10(11)12/h3,7,9,13H,4-6,8H2,1-2H3. The summed E-state index contributed by atoms with van der Waals surface area (Å²) in [5.41, 5.74) is 0.758. The molecule has 15 heavy (non-hydrogen) atoms. The Labute approximate surface area is 90.2 Å². The molecule has 0 saturated carbocycles. The minimum atomic E-state index is -0.141. The van der Waals surface area contributed by atoms with Gasteiger partial charge in [-0.1, -0.05) is 0 Å². The van der Waals surface area contributed by atoms with Gasteiger partial charge in [0.15, 0.2) is 5.83 Å². The summed E-state index contributed by atoms with van der Waals surface area (Å²) in [4.78, 5) is 4.44. The first-order valence-corrected chi connectivity index (χ1v) is 5.43. The molecule has 0 aromatic rings. The van der Waals surface area contributed by atoms with Gasteiger partial charge < -0.3 is 15.1 Å². The quantitative estimate of drug-likeness (QED) is 0.696. The van der Waals surface area contributed by atoms with Crippen LogP contribution in [-0.4, -0.2) is 49.1 Å². The number of hydrogen-bond donors (Lipinski definition) is 1. The van der Waals surface area contributed by atoms with Crippen LogP contribution in [0.25, 0.3) is 0 Å². The van der Waals surface area contributed by atoms with Crippen LogP contribution in [0, 0.1) is 0 Å². The molecule has 0 radical (unpaired) electrons. The predicted octanol–water partition coefficient (Wildman–Crippen LogP) is 0.920. The number of halogens is 1. The minimum absolute atomic E-state index is 0.141. The van der Waals surface area contributed by atoms with Gasteiger partial charge >= 0.3 is 0 Å². The van der Waals surface area contributed by atoms with Gasteiger partial charge in [0, 0.05) is 38.4 Å². The van der Waals surface area contributed by atoms with E-state index in [0.717, 1.165) is 31.9 Å². The Kier molecular flexibility index (Phi) is 2.95. The van der Waals surface area contributed by atoms with Gasteiger partial charge in [0.1, 0.15) is 0 Å². The van der Waals surface area contributed by atoms with Crippen molar-refractivity contribution in [3.05, 3.63) is 23.8 Å². The molecule has 1 saturated heterocycles. The molecule has 4 heteroatoms. The monoisotopic (exact) mass is 211 g/mol. The van der Waals surface area contributed by atoms with E-state index in [2.05, 4.69) is 29.1 Å². The van der Waals surface area contributed by atoms with Gasteiger partial charge in [-0.2, -0.15) is 0 Å². The molecule has 2 aliphatic heterocycles. The van der Waals surface area contributed by atoms with Gasteiger partial charge in [0.25, 0.3) is 0 Å². The summed E-state index contributed by atoms with van der Waals surface area (Å²) in [5, 5.41) is 2.87. The van der Waals surface area contributed by atoms with Crippen molar-refractivity contribution >= 4 is 0 Å². The molecular weight excluding hydrogens is 193 g/mol. The van der Waals surface area contributed by atoms with Crippen molar-refractivity contribution in [2.24, 2.45) is 0 Å². The fraction of sp³-hybridized carbons (Fsp3) is 0.636. The first-order valence-electron chi connectivity index (χ1n) is 5.43. The molecule has 0 aromatic heterocycles. The SMILES string of the molecule is CC1CN(C2=CCNC=C2F)CCN1C. The maximum Gasteiger partial charge on any atom is 0.161 e. The summed E-state index contributed by atoms with van der Waals surface area (Å²) in [6.45, 7) is 5.72. The molecule has 1 fully saturated rings. The molecule has 0 bridgehead atoms. The highest BCUT2D eigenvalue weighted by Crippen LogP contribution is 2.21. The lowest BCUT2D eigenvalue weighted by Crippen LogP contribution is -2.49. The van der Waals surface area contributed by atoms with Crippen LogP contribution in [0.3, 0.4) is 0 Å². The van der Waals surface area contributed by atoms with E-state index in [9.17, 15) is 4.39 Å². The maximum atomic E-state index is 13.5. The number of nitrogens with zero attached hydrogens (tertiary/aromatic N) is 2. The Morgan fingerprint density at radius 1 is 1.47 bits per heavy atom. The topological polar surface area (TPSA) is 18.5 Å². The van der Waals surface area contributed by atoms with Gasteiger partial charge in [-0.25, -0.2) is 4.39 Å². The van der Waals surface area contributed by atoms with E-state index in [1.165, 1.54) is 6.20 Å². The molecule has 1 N–H and O–H groups in total. The molecule has 1 atom stereocenters. The molecule has 2 rings (SSSR count). The van der Waals surface area contributed by atoms with Crippen molar-refractivity contribution in [2.45, 2.75) is 13.0 Å². The Balaban J connectivity index is 2.05. The summed E-state index contributed by atoms with van der Waals surface area (Å²) in [5.74, 6) is -0.141. The number of dihydropyridines is 1. The second-order valence-electron chi connectivity index (χ2n) is 4.27. The Morgan fingerprint density at radius 2 is 2.27 bits per heavy atom. The lowest BCUT2D eigenvalue weighted by Gasteiger charge is -2.40. The van der Waals surface area contributed by atoms with E-state index in [4.69, 9.17) is 0 Å². The predicted molar refractivity (Wildman–Crippen MR) is 58.9 cm³/mol. The first-order chi connectivity index (χ1) is 7.18. The van der Waals surface area contributed by atoms with Crippen molar-refractivity contribution < 1.29 is 4.39 Å². The summed E-state index contributed by atoms with van der Waals surface area (Å²) in [6, 6.07) is 0.488. The zero-order valence-corrected chi connectivity index (χ0v) is 9.33. The Hall–Kier alpha value is -1.03. The Bertz CT molecular complexity index is 298. The summed E-state index contributed by atoms with van der Waals surface area (Å²) in [7, 11) is 2.12. The van der Waals surface area contributed by atoms with E-state index in [-0.39, 0.29) is 5.83 Å². The lowest BCUT2D eigenvalue weighted by atomic mass is 10.1. The molecule has 84 valence electrons. The lowest BCUT2D eigenvalue weighted by molar-refractivity contribution is 0.129. The Morgan fingerprint density at radius 3 is 2.93 bits per heavy atom. The van der Waals surface area contributed by atoms with Crippen molar-refractivity contribution in [1.29, 1.82) is 0 Å². The van der Waals surface area contributed by atoms with E-state index in [1.807, 2.05) is 6.08 Å². The average Bonchev–Trinajstić information content (AvgIpc) is 2.23. The largest absolute Gasteiger partial charge is 0.385 e. The normalized spacial score (nSPS) is 28.2. The number of rotatable bonds is 1. The van der Waals surface area contributed by atoms with Gasteiger partial charge in [-0.05, 0) is 20.0 Å². The summed E-state index contributed by atoms with van der Waals surface area (Å²) in [6.07, 6.45) is 3.38. The molecule has 2 aliphatic rings.